The number of aromatic nitrogens is 1. The summed E-state index contributed by atoms with van der Waals surface area (Å²) in [5, 5.41) is 3.43. The summed E-state index contributed by atoms with van der Waals surface area (Å²) >= 11 is 5.90. The highest BCUT2D eigenvalue weighted by Crippen LogP contribution is 2.19. The summed E-state index contributed by atoms with van der Waals surface area (Å²) in [6, 6.07) is 10.8. The Kier molecular flexibility index (Phi) is 5.58. The Balaban J connectivity index is 1.92. The summed E-state index contributed by atoms with van der Waals surface area (Å²) in [7, 11) is 0. The molecular weight excluding hydrogens is 288 g/mol. The van der Waals surface area contributed by atoms with E-state index < -0.39 is 6.10 Å². The topological polar surface area (TPSA) is 51.2 Å². The van der Waals surface area contributed by atoms with E-state index in [1.165, 1.54) is 0 Å². The van der Waals surface area contributed by atoms with Crippen LogP contribution in [0.25, 0.3) is 0 Å². The van der Waals surface area contributed by atoms with Crippen molar-refractivity contribution >= 4 is 17.5 Å². The number of ether oxygens (including phenoxy) is 1. The van der Waals surface area contributed by atoms with Crippen LogP contribution in [-0.4, -0.2) is 17.0 Å². The summed E-state index contributed by atoms with van der Waals surface area (Å²) in [5.41, 5.74) is 0.948. The number of halogens is 1. The van der Waals surface area contributed by atoms with E-state index in [1.54, 1.807) is 36.7 Å². The summed E-state index contributed by atoms with van der Waals surface area (Å²) in [6.07, 6.45) is 3.45. The van der Waals surface area contributed by atoms with Crippen LogP contribution >= 0.6 is 11.6 Å². The standard InChI is InChI=1S/C16H17ClN2O2/c1-2-15(21-14-7-3-6-13(17)9-14)16(20)19-11-12-5-4-8-18-10-12/h3-10,15H,2,11H2,1H3,(H,19,20)/t15-/m1/s1. The lowest BCUT2D eigenvalue weighted by atomic mass is 10.2. The molecule has 0 radical (unpaired) electrons. The van der Waals surface area contributed by atoms with Crippen LogP contribution < -0.4 is 10.1 Å². The lowest BCUT2D eigenvalue weighted by Crippen LogP contribution is -2.37. The number of nitrogens with zero attached hydrogens (tertiary/aromatic N) is 1. The van der Waals surface area contributed by atoms with E-state index in [9.17, 15) is 4.79 Å². The van der Waals surface area contributed by atoms with Gasteiger partial charge in [-0.1, -0.05) is 30.7 Å². The number of carbonyl (C=O) groups is 1. The largest absolute Gasteiger partial charge is 0.481 e. The summed E-state index contributed by atoms with van der Waals surface area (Å²) < 4.78 is 5.68. The molecule has 0 aliphatic rings. The molecule has 0 bridgehead atoms. The third-order valence-corrected chi connectivity index (χ3v) is 3.16. The van der Waals surface area contributed by atoms with Gasteiger partial charge in [-0.25, -0.2) is 0 Å². The van der Waals surface area contributed by atoms with E-state index in [-0.39, 0.29) is 5.91 Å². The number of benzene rings is 1. The maximum atomic E-state index is 12.1. The highest BCUT2D eigenvalue weighted by atomic mass is 35.5. The second kappa shape index (κ2) is 7.64. The molecule has 0 fully saturated rings. The molecular formula is C16H17ClN2O2. The van der Waals surface area contributed by atoms with Crippen molar-refractivity contribution in [3.8, 4) is 5.75 Å². The first-order chi connectivity index (χ1) is 10.2. The number of hydrogen-bond donors (Lipinski definition) is 1. The first kappa shape index (κ1) is 15.3. The second-order valence-corrected chi connectivity index (χ2v) is 4.99. The van der Waals surface area contributed by atoms with Crippen LogP contribution in [0, 0.1) is 0 Å². The van der Waals surface area contributed by atoms with Crippen LogP contribution in [0.3, 0.4) is 0 Å². The molecule has 110 valence electrons. The van der Waals surface area contributed by atoms with Crippen molar-refractivity contribution in [2.45, 2.75) is 26.0 Å². The monoisotopic (exact) mass is 304 g/mol. The summed E-state index contributed by atoms with van der Waals surface area (Å²) in [4.78, 5) is 16.2. The van der Waals surface area contributed by atoms with Gasteiger partial charge >= 0.3 is 0 Å². The van der Waals surface area contributed by atoms with E-state index in [0.29, 0.717) is 23.7 Å². The van der Waals surface area contributed by atoms with Crippen LogP contribution in [0.5, 0.6) is 5.75 Å². The third kappa shape index (κ3) is 4.76. The van der Waals surface area contributed by atoms with Gasteiger partial charge in [0.05, 0.1) is 0 Å². The van der Waals surface area contributed by atoms with E-state index in [1.807, 2.05) is 19.1 Å². The van der Waals surface area contributed by atoms with Gasteiger partial charge in [-0.3, -0.25) is 9.78 Å². The fourth-order valence-corrected chi connectivity index (χ4v) is 2.01. The van der Waals surface area contributed by atoms with Crippen molar-refractivity contribution in [3.05, 3.63) is 59.4 Å². The minimum Gasteiger partial charge on any atom is -0.481 e. The molecule has 0 aliphatic carbocycles. The van der Waals surface area contributed by atoms with Gasteiger partial charge in [-0.05, 0) is 36.2 Å². The molecule has 1 aromatic heterocycles. The Labute approximate surface area is 129 Å². The number of nitrogens with one attached hydrogen (secondary N) is 1. The Bertz CT molecular complexity index is 590. The van der Waals surface area contributed by atoms with Crippen molar-refractivity contribution in [1.29, 1.82) is 0 Å². The quantitative estimate of drug-likeness (QED) is 0.891. The molecule has 1 aromatic carbocycles. The van der Waals surface area contributed by atoms with Gasteiger partial charge < -0.3 is 10.1 Å². The van der Waals surface area contributed by atoms with Gasteiger partial charge in [0.15, 0.2) is 6.10 Å². The van der Waals surface area contributed by atoms with Gasteiger partial charge in [0, 0.05) is 24.0 Å². The van der Waals surface area contributed by atoms with E-state index >= 15 is 0 Å². The molecule has 1 atom stereocenters. The van der Waals surface area contributed by atoms with Crippen molar-refractivity contribution in [2.24, 2.45) is 0 Å². The van der Waals surface area contributed by atoms with E-state index in [4.69, 9.17) is 16.3 Å². The number of carbonyl (C=O) groups excluding carboxylic acids is 1. The second-order valence-electron chi connectivity index (χ2n) is 4.55. The lowest BCUT2D eigenvalue weighted by Gasteiger charge is -2.17. The normalized spacial score (nSPS) is 11.7. The van der Waals surface area contributed by atoms with Crippen LogP contribution in [0.1, 0.15) is 18.9 Å². The van der Waals surface area contributed by atoms with Crippen molar-refractivity contribution in [3.63, 3.8) is 0 Å². The Morgan fingerprint density at radius 3 is 2.90 bits per heavy atom. The summed E-state index contributed by atoms with van der Waals surface area (Å²) in [6.45, 7) is 2.33. The molecule has 2 rings (SSSR count). The molecule has 0 saturated heterocycles. The average Bonchev–Trinajstić information content (AvgIpc) is 2.51. The van der Waals surface area contributed by atoms with Crippen LogP contribution in [0.4, 0.5) is 0 Å². The Morgan fingerprint density at radius 1 is 1.38 bits per heavy atom. The minimum absolute atomic E-state index is 0.152. The zero-order valence-corrected chi connectivity index (χ0v) is 12.5. The van der Waals surface area contributed by atoms with Crippen molar-refractivity contribution in [2.75, 3.05) is 0 Å². The molecule has 1 amide bonds. The van der Waals surface area contributed by atoms with Gasteiger partial charge in [0.2, 0.25) is 0 Å². The average molecular weight is 305 g/mol. The predicted octanol–water partition coefficient (Wildman–Crippen LogP) is 3.21. The fourth-order valence-electron chi connectivity index (χ4n) is 1.83. The molecule has 2 aromatic rings. The zero-order chi connectivity index (χ0) is 15.1. The highest BCUT2D eigenvalue weighted by molar-refractivity contribution is 6.30. The lowest BCUT2D eigenvalue weighted by molar-refractivity contribution is -0.128. The number of pyridine rings is 1. The van der Waals surface area contributed by atoms with Crippen LogP contribution in [-0.2, 0) is 11.3 Å². The zero-order valence-electron chi connectivity index (χ0n) is 11.8. The molecule has 5 heteroatoms. The maximum absolute atomic E-state index is 12.1. The highest BCUT2D eigenvalue weighted by Gasteiger charge is 2.18. The van der Waals surface area contributed by atoms with Gasteiger partial charge in [0.1, 0.15) is 5.75 Å². The smallest absolute Gasteiger partial charge is 0.261 e. The van der Waals surface area contributed by atoms with Gasteiger partial charge in [-0.15, -0.1) is 0 Å². The third-order valence-electron chi connectivity index (χ3n) is 2.93. The van der Waals surface area contributed by atoms with Crippen LogP contribution in [0.2, 0.25) is 5.02 Å². The first-order valence-corrected chi connectivity index (χ1v) is 7.15. The molecule has 4 nitrogen and oxygen atoms in total. The maximum Gasteiger partial charge on any atom is 0.261 e. The predicted molar refractivity (Wildman–Crippen MR) is 82.2 cm³/mol. The number of hydrogen-bond acceptors (Lipinski definition) is 3. The fraction of sp³-hybridized carbons (Fsp3) is 0.250. The minimum atomic E-state index is -0.542. The molecule has 1 heterocycles. The number of amides is 1. The number of rotatable bonds is 6. The molecule has 1 N–H and O–H groups in total. The Hall–Kier alpha value is -2.07. The SMILES string of the molecule is CC[C@@H](Oc1cccc(Cl)c1)C(=O)NCc1cccnc1. The van der Waals surface area contributed by atoms with E-state index in [2.05, 4.69) is 10.3 Å². The molecule has 0 spiro atoms. The molecule has 0 unspecified atom stereocenters. The van der Waals surface area contributed by atoms with Crippen molar-refractivity contribution < 1.29 is 9.53 Å². The van der Waals surface area contributed by atoms with Crippen LogP contribution in [0.15, 0.2) is 48.8 Å². The molecule has 0 aliphatic heterocycles. The van der Waals surface area contributed by atoms with E-state index in [0.717, 1.165) is 5.56 Å². The van der Waals surface area contributed by atoms with Crippen molar-refractivity contribution in [1.82, 2.24) is 10.3 Å². The summed E-state index contributed by atoms with van der Waals surface area (Å²) in [5.74, 6) is 0.437. The molecule has 21 heavy (non-hydrogen) atoms. The molecule has 0 saturated carbocycles. The van der Waals surface area contributed by atoms with Gasteiger partial charge in [-0.2, -0.15) is 0 Å². The first-order valence-electron chi connectivity index (χ1n) is 6.78. The van der Waals surface area contributed by atoms with Gasteiger partial charge in [0.25, 0.3) is 5.91 Å². The Morgan fingerprint density at radius 2 is 2.24 bits per heavy atom.